The molecule has 0 radical (unpaired) electrons. The van der Waals surface area contributed by atoms with Gasteiger partial charge in [0.1, 0.15) is 11.6 Å². The van der Waals surface area contributed by atoms with Crippen LogP contribution in [0.15, 0.2) is 42.5 Å². The SMILES string of the molecule is COc1ccccc1CC(Cl)c1cc(Cl)ccc1F. The fourth-order valence-corrected chi connectivity index (χ4v) is 2.44. The highest BCUT2D eigenvalue weighted by atomic mass is 35.5. The van der Waals surface area contributed by atoms with Crippen LogP contribution in [0.4, 0.5) is 4.39 Å². The Bertz CT molecular complexity index is 572. The maximum atomic E-state index is 13.7. The quantitative estimate of drug-likeness (QED) is 0.721. The number of ether oxygens (including phenoxy) is 1. The van der Waals surface area contributed by atoms with E-state index in [1.165, 1.54) is 12.1 Å². The van der Waals surface area contributed by atoms with Crippen molar-refractivity contribution in [3.8, 4) is 5.75 Å². The zero-order chi connectivity index (χ0) is 13.8. The molecule has 0 N–H and O–H groups in total. The van der Waals surface area contributed by atoms with Crippen molar-refractivity contribution >= 4 is 23.2 Å². The smallest absolute Gasteiger partial charge is 0.128 e. The van der Waals surface area contributed by atoms with Gasteiger partial charge in [0.05, 0.1) is 12.5 Å². The van der Waals surface area contributed by atoms with E-state index in [0.717, 1.165) is 11.3 Å². The van der Waals surface area contributed by atoms with E-state index in [9.17, 15) is 4.39 Å². The fraction of sp³-hybridized carbons (Fsp3) is 0.200. The van der Waals surface area contributed by atoms with E-state index in [1.54, 1.807) is 13.2 Å². The summed E-state index contributed by atoms with van der Waals surface area (Å²) in [5.41, 5.74) is 1.34. The van der Waals surface area contributed by atoms with Gasteiger partial charge in [-0.05, 0) is 36.2 Å². The number of methoxy groups -OCH3 is 1. The molecule has 0 heterocycles. The van der Waals surface area contributed by atoms with Gasteiger partial charge in [0.25, 0.3) is 0 Å². The van der Waals surface area contributed by atoms with Crippen LogP contribution < -0.4 is 4.74 Å². The predicted octanol–water partition coefficient (Wildman–Crippen LogP) is 5.01. The lowest BCUT2D eigenvalue weighted by molar-refractivity contribution is 0.409. The molecule has 0 aromatic heterocycles. The first-order chi connectivity index (χ1) is 9.11. The zero-order valence-corrected chi connectivity index (χ0v) is 11.9. The minimum absolute atomic E-state index is 0.348. The molecule has 0 amide bonds. The van der Waals surface area contributed by atoms with E-state index in [1.807, 2.05) is 24.3 Å². The summed E-state index contributed by atoms with van der Waals surface area (Å²) < 4.78 is 19.0. The van der Waals surface area contributed by atoms with Crippen molar-refractivity contribution in [3.63, 3.8) is 0 Å². The van der Waals surface area contributed by atoms with Crippen molar-refractivity contribution < 1.29 is 9.13 Å². The second-order valence-electron chi connectivity index (χ2n) is 4.15. The topological polar surface area (TPSA) is 9.23 Å². The summed E-state index contributed by atoms with van der Waals surface area (Å²) in [6.07, 6.45) is 0.475. The van der Waals surface area contributed by atoms with Gasteiger partial charge in [0.2, 0.25) is 0 Å². The molecular formula is C15H13Cl2FO. The highest BCUT2D eigenvalue weighted by Gasteiger charge is 2.16. The molecular weight excluding hydrogens is 286 g/mol. The van der Waals surface area contributed by atoms with E-state index in [-0.39, 0.29) is 5.82 Å². The maximum absolute atomic E-state index is 13.7. The Kier molecular flexibility index (Phi) is 4.67. The summed E-state index contributed by atoms with van der Waals surface area (Å²) in [6, 6.07) is 11.9. The molecule has 19 heavy (non-hydrogen) atoms. The van der Waals surface area contributed by atoms with Crippen molar-refractivity contribution in [2.24, 2.45) is 0 Å². The Morgan fingerprint density at radius 3 is 2.68 bits per heavy atom. The molecule has 2 aromatic rings. The summed E-state index contributed by atoms with van der Waals surface area (Å²) >= 11 is 12.2. The van der Waals surface area contributed by atoms with Crippen molar-refractivity contribution in [1.29, 1.82) is 0 Å². The van der Waals surface area contributed by atoms with Crippen LogP contribution in [-0.4, -0.2) is 7.11 Å². The molecule has 100 valence electrons. The fourth-order valence-electron chi connectivity index (χ4n) is 1.93. The molecule has 0 aliphatic carbocycles. The number of rotatable bonds is 4. The largest absolute Gasteiger partial charge is 0.496 e. The van der Waals surface area contributed by atoms with Crippen molar-refractivity contribution in [3.05, 3.63) is 64.4 Å². The third-order valence-corrected chi connectivity index (χ3v) is 3.51. The second kappa shape index (κ2) is 6.27. The van der Waals surface area contributed by atoms with Crippen LogP contribution in [-0.2, 0) is 6.42 Å². The van der Waals surface area contributed by atoms with E-state index < -0.39 is 5.38 Å². The summed E-state index contributed by atoms with van der Waals surface area (Å²) in [4.78, 5) is 0. The monoisotopic (exact) mass is 298 g/mol. The molecule has 1 unspecified atom stereocenters. The minimum Gasteiger partial charge on any atom is -0.496 e. The third kappa shape index (κ3) is 3.40. The molecule has 1 nitrogen and oxygen atoms in total. The molecule has 2 rings (SSSR count). The number of para-hydroxylation sites is 1. The van der Waals surface area contributed by atoms with Crippen LogP contribution >= 0.6 is 23.2 Å². The Morgan fingerprint density at radius 2 is 1.95 bits per heavy atom. The van der Waals surface area contributed by atoms with Gasteiger partial charge in [-0.25, -0.2) is 4.39 Å². The lowest BCUT2D eigenvalue weighted by atomic mass is 10.0. The van der Waals surface area contributed by atoms with Gasteiger partial charge in [-0.3, -0.25) is 0 Å². The number of alkyl halides is 1. The molecule has 0 bridgehead atoms. The van der Waals surface area contributed by atoms with Crippen molar-refractivity contribution in [1.82, 2.24) is 0 Å². The molecule has 0 fully saturated rings. The van der Waals surface area contributed by atoms with Crippen LogP contribution in [0, 0.1) is 5.82 Å². The van der Waals surface area contributed by atoms with Crippen molar-refractivity contribution in [2.45, 2.75) is 11.8 Å². The van der Waals surface area contributed by atoms with Gasteiger partial charge < -0.3 is 4.74 Å². The predicted molar refractivity (Wildman–Crippen MR) is 76.7 cm³/mol. The number of halogens is 3. The van der Waals surface area contributed by atoms with Crippen LogP contribution in [0.1, 0.15) is 16.5 Å². The molecule has 0 spiro atoms. The summed E-state index contributed by atoms with van der Waals surface area (Å²) in [5.74, 6) is 0.398. The lowest BCUT2D eigenvalue weighted by Crippen LogP contribution is -2.01. The average molecular weight is 299 g/mol. The first-order valence-electron chi connectivity index (χ1n) is 5.82. The third-order valence-electron chi connectivity index (χ3n) is 2.89. The highest BCUT2D eigenvalue weighted by Crippen LogP contribution is 2.32. The van der Waals surface area contributed by atoms with Crippen LogP contribution in [0.5, 0.6) is 5.75 Å². The Labute approximate surface area is 121 Å². The number of benzene rings is 2. The van der Waals surface area contributed by atoms with Crippen LogP contribution in [0.3, 0.4) is 0 Å². The molecule has 2 aromatic carbocycles. The molecule has 1 atom stereocenters. The van der Waals surface area contributed by atoms with E-state index in [4.69, 9.17) is 27.9 Å². The molecule has 0 aliphatic heterocycles. The lowest BCUT2D eigenvalue weighted by Gasteiger charge is -2.14. The molecule has 4 heteroatoms. The highest BCUT2D eigenvalue weighted by molar-refractivity contribution is 6.30. The molecule has 0 saturated carbocycles. The first kappa shape index (κ1) is 14.2. The Morgan fingerprint density at radius 1 is 1.21 bits per heavy atom. The first-order valence-corrected chi connectivity index (χ1v) is 6.64. The van der Waals surface area contributed by atoms with Gasteiger partial charge >= 0.3 is 0 Å². The van der Waals surface area contributed by atoms with E-state index >= 15 is 0 Å². The van der Waals surface area contributed by atoms with Crippen LogP contribution in [0.2, 0.25) is 5.02 Å². The number of hydrogen-bond acceptors (Lipinski definition) is 1. The summed E-state index contributed by atoms with van der Waals surface area (Å²) in [5, 5.41) is -0.0166. The van der Waals surface area contributed by atoms with E-state index in [2.05, 4.69) is 0 Å². The zero-order valence-electron chi connectivity index (χ0n) is 10.4. The summed E-state index contributed by atoms with van der Waals surface area (Å²) in [7, 11) is 1.60. The Balaban J connectivity index is 2.25. The van der Waals surface area contributed by atoms with Gasteiger partial charge in [-0.2, -0.15) is 0 Å². The van der Waals surface area contributed by atoms with Gasteiger partial charge in [-0.15, -0.1) is 11.6 Å². The molecule has 0 aliphatic rings. The minimum atomic E-state index is -0.491. The Hall–Kier alpha value is -1.25. The van der Waals surface area contributed by atoms with Gasteiger partial charge in [0, 0.05) is 10.6 Å². The normalized spacial score (nSPS) is 12.2. The maximum Gasteiger partial charge on any atom is 0.128 e. The average Bonchev–Trinajstić information content (AvgIpc) is 2.42. The molecule has 0 saturated heterocycles. The second-order valence-corrected chi connectivity index (χ2v) is 5.11. The number of hydrogen-bond donors (Lipinski definition) is 0. The van der Waals surface area contributed by atoms with Crippen LogP contribution in [0.25, 0.3) is 0 Å². The van der Waals surface area contributed by atoms with Crippen molar-refractivity contribution in [2.75, 3.05) is 7.11 Å². The summed E-state index contributed by atoms with van der Waals surface area (Å²) in [6.45, 7) is 0. The van der Waals surface area contributed by atoms with Gasteiger partial charge in [-0.1, -0.05) is 29.8 Å². The van der Waals surface area contributed by atoms with E-state index in [0.29, 0.717) is 17.0 Å². The standard InChI is InChI=1S/C15H13Cl2FO/c1-19-15-5-3-2-4-10(15)8-13(17)12-9-11(16)6-7-14(12)18/h2-7,9,13H,8H2,1H3. The van der Waals surface area contributed by atoms with Gasteiger partial charge in [0.15, 0.2) is 0 Å².